The minimum Gasteiger partial charge on any atom is -0.481 e. The molecule has 0 spiro atoms. The van der Waals surface area contributed by atoms with Crippen LogP contribution in [0.2, 0.25) is 0 Å². The van der Waals surface area contributed by atoms with E-state index in [4.69, 9.17) is 16.1 Å². The second kappa shape index (κ2) is 8.67. The van der Waals surface area contributed by atoms with Gasteiger partial charge in [0.1, 0.15) is 17.7 Å². The Bertz CT molecular complexity index is 843. The topological polar surface area (TPSA) is 143 Å². The molecule has 1 atom stereocenters. The monoisotopic (exact) mass is 353 g/mol. The maximum atomic E-state index is 13.1. The number of anilines is 1. The van der Waals surface area contributed by atoms with Crippen molar-refractivity contribution < 1.29 is 14.7 Å². The first kappa shape index (κ1) is 19.0. The predicted molar refractivity (Wildman–Crippen MR) is 93.3 cm³/mol. The lowest BCUT2D eigenvalue weighted by Gasteiger charge is -2.16. The molecule has 0 saturated heterocycles. The van der Waals surface area contributed by atoms with Crippen LogP contribution in [0.3, 0.4) is 0 Å². The number of carbonyl (C=O) groups excluding carboxylic acids is 1. The van der Waals surface area contributed by atoms with Gasteiger partial charge in [-0.15, -0.1) is 0 Å². The minimum absolute atomic E-state index is 0.114. The van der Waals surface area contributed by atoms with Crippen molar-refractivity contribution in [2.75, 3.05) is 5.73 Å². The molecule has 8 nitrogen and oxygen atoms in total. The van der Waals surface area contributed by atoms with Crippen LogP contribution >= 0.6 is 0 Å². The van der Waals surface area contributed by atoms with Gasteiger partial charge < -0.3 is 10.8 Å². The number of hydrogen-bond acceptors (Lipinski definition) is 7. The van der Waals surface area contributed by atoms with Crippen molar-refractivity contribution in [1.29, 1.82) is 5.26 Å². The smallest absolute Gasteiger partial charge is 0.303 e. The molecule has 3 N–H and O–H groups in total. The number of hydrogen-bond donors (Lipinski definition) is 2. The summed E-state index contributed by atoms with van der Waals surface area (Å²) in [6.07, 6.45) is 5.39. The summed E-state index contributed by atoms with van der Waals surface area (Å²) in [5.74, 6) is -1.33. The molecular formula is C18H19N5O3. The molecule has 0 aliphatic rings. The fourth-order valence-electron chi connectivity index (χ4n) is 2.66. The molecule has 1 unspecified atom stereocenters. The van der Waals surface area contributed by atoms with E-state index in [1.165, 1.54) is 18.6 Å². The third-order valence-corrected chi connectivity index (χ3v) is 3.95. The maximum Gasteiger partial charge on any atom is 0.303 e. The van der Waals surface area contributed by atoms with E-state index in [1.54, 1.807) is 6.07 Å². The normalized spacial score (nSPS) is 11.5. The highest BCUT2D eigenvalue weighted by Gasteiger charge is 2.27. The maximum absolute atomic E-state index is 13.1. The zero-order chi connectivity index (χ0) is 19.1. The van der Waals surface area contributed by atoms with Gasteiger partial charge in [0.25, 0.3) is 0 Å². The molecule has 8 heteroatoms. The Hall–Kier alpha value is -3.34. The lowest BCUT2D eigenvalue weighted by atomic mass is 9.89. The Morgan fingerprint density at radius 2 is 2.00 bits per heavy atom. The van der Waals surface area contributed by atoms with Crippen LogP contribution < -0.4 is 5.73 Å². The largest absolute Gasteiger partial charge is 0.481 e. The molecule has 0 aliphatic carbocycles. The van der Waals surface area contributed by atoms with Crippen LogP contribution in [0.25, 0.3) is 0 Å². The molecular weight excluding hydrogens is 334 g/mol. The van der Waals surface area contributed by atoms with Crippen LogP contribution in [-0.4, -0.2) is 31.8 Å². The summed E-state index contributed by atoms with van der Waals surface area (Å²) < 4.78 is 0. The number of aliphatic carboxylic acids is 1. The summed E-state index contributed by atoms with van der Waals surface area (Å²) >= 11 is 0. The van der Waals surface area contributed by atoms with Gasteiger partial charge in [-0.05, 0) is 18.9 Å². The van der Waals surface area contributed by atoms with E-state index in [2.05, 4.69) is 15.0 Å². The van der Waals surface area contributed by atoms with E-state index in [9.17, 15) is 9.59 Å². The molecule has 0 aliphatic heterocycles. The Balaban J connectivity index is 2.41. The van der Waals surface area contributed by atoms with Crippen LogP contribution in [0.15, 0.2) is 24.7 Å². The summed E-state index contributed by atoms with van der Waals surface area (Å²) in [5.41, 5.74) is 6.95. The van der Waals surface area contributed by atoms with E-state index >= 15 is 0 Å². The van der Waals surface area contributed by atoms with Crippen molar-refractivity contribution in [3.8, 4) is 6.07 Å². The molecule has 0 amide bonds. The number of aromatic nitrogens is 3. The second-order valence-electron chi connectivity index (χ2n) is 5.76. The van der Waals surface area contributed by atoms with Crippen LogP contribution in [0.5, 0.6) is 0 Å². The Morgan fingerprint density at radius 3 is 2.58 bits per heavy atom. The molecule has 2 rings (SSSR count). The van der Waals surface area contributed by atoms with Crippen LogP contribution in [-0.2, 0) is 11.2 Å². The number of nitrogens with two attached hydrogens (primary N) is 1. The molecule has 0 radical (unpaired) electrons. The number of carboxylic acid groups (broad SMARTS) is 1. The van der Waals surface area contributed by atoms with Crippen molar-refractivity contribution in [2.45, 2.75) is 38.5 Å². The highest BCUT2D eigenvalue weighted by Crippen LogP contribution is 2.27. The standard InChI is InChI=1S/C18H19N5O3/c1-2-3-14(18-22-9-11(8-19)10-23-18)16(26)12-6-7-21-17(20)13(12)4-5-15(24)25/h6-7,9-10,14H,2-5H2,1H3,(H2,20,21)(H,24,25). The number of pyridine rings is 1. The van der Waals surface area contributed by atoms with Gasteiger partial charge >= 0.3 is 5.97 Å². The van der Waals surface area contributed by atoms with Crippen molar-refractivity contribution in [1.82, 2.24) is 15.0 Å². The number of Topliss-reactive ketones (excluding diaryl/α,β-unsaturated/α-hetero) is 1. The molecule has 2 heterocycles. The summed E-state index contributed by atoms with van der Waals surface area (Å²) in [6, 6.07) is 3.48. The Kier molecular flexibility index (Phi) is 6.33. The number of nitrogens with zero attached hydrogens (tertiary/aromatic N) is 4. The number of nitriles is 1. The summed E-state index contributed by atoms with van der Waals surface area (Å²) in [7, 11) is 0. The number of carbonyl (C=O) groups is 2. The first-order chi connectivity index (χ1) is 12.5. The number of rotatable bonds is 8. The SMILES string of the molecule is CCCC(C(=O)c1ccnc(N)c1CCC(=O)O)c1ncc(C#N)cn1. The van der Waals surface area contributed by atoms with Crippen LogP contribution in [0, 0.1) is 11.3 Å². The lowest BCUT2D eigenvalue weighted by molar-refractivity contribution is -0.136. The first-order valence-electron chi connectivity index (χ1n) is 8.19. The zero-order valence-electron chi connectivity index (χ0n) is 14.3. The molecule has 0 fully saturated rings. The van der Waals surface area contributed by atoms with Crippen molar-refractivity contribution in [3.63, 3.8) is 0 Å². The third-order valence-electron chi connectivity index (χ3n) is 3.95. The van der Waals surface area contributed by atoms with E-state index < -0.39 is 11.9 Å². The quantitative estimate of drug-likeness (QED) is 0.687. The minimum atomic E-state index is -0.979. The van der Waals surface area contributed by atoms with Gasteiger partial charge in [-0.1, -0.05) is 13.3 Å². The van der Waals surface area contributed by atoms with Crippen molar-refractivity contribution in [2.24, 2.45) is 0 Å². The van der Waals surface area contributed by atoms with E-state index in [-0.39, 0.29) is 24.4 Å². The first-order valence-corrected chi connectivity index (χ1v) is 8.19. The van der Waals surface area contributed by atoms with Crippen molar-refractivity contribution in [3.05, 3.63) is 47.2 Å². The van der Waals surface area contributed by atoms with Gasteiger partial charge in [0.15, 0.2) is 5.78 Å². The van der Waals surface area contributed by atoms with E-state index in [0.717, 1.165) is 6.42 Å². The van der Waals surface area contributed by atoms with Gasteiger partial charge in [-0.3, -0.25) is 9.59 Å². The van der Waals surface area contributed by atoms with Gasteiger partial charge in [-0.2, -0.15) is 5.26 Å². The van der Waals surface area contributed by atoms with E-state index in [0.29, 0.717) is 28.9 Å². The van der Waals surface area contributed by atoms with Crippen LogP contribution in [0.4, 0.5) is 5.82 Å². The summed E-state index contributed by atoms with van der Waals surface area (Å²) in [4.78, 5) is 36.3. The summed E-state index contributed by atoms with van der Waals surface area (Å²) in [6.45, 7) is 1.94. The second-order valence-corrected chi connectivity index (χ2v) is 5.76. The molecule has 26 heavy (non-hydrogen) atoms. The summed E-state index contributed by atoms with van der Waals surface area (Å²) in [5, 5.41) is 17.8. The van der Waals surface area contributed by atoms with Gasteiger partial charge in [0.2, 0.25) is 0 Å². The fourth-order valence-corrected chi connectivity index (χ4v) is 2.66. The molecule has 0 saturated carbocycles. The van der Waals surface area contributed by atoms with Crippen LogP contribution in [0.1, 0.15) is 59.4 Å². The highest BCUT2D eigenvalue weighted by molar-refractivity contribution is 6.02. The van der Waals surface area contributed by atoms with Gasteiger partial charge in [0.05, 0.1) is 11.5 Å². The fraction of sp³-hybridized carbons (Fsp3) is 0.333. The Morgan fingerprint density at radius 1 is 1.31 bits per heavy atom. The zero-order valence-corrected chi connectivity index (χ0v) is 14.3. The average molecular weight is 353 g/mol. The Labute approximate surface area is 150 Å². The molecule has 0 bridgehead atoms. The van der Waals surface area contributed by atoms with Crippen molar-refractivity contribution >= 4 is 17.6 Å². The van der Waals surface area contributed by atoms with Gasteiger partial charge in [-0.25, -0.2) is 15.0 Å². The average Bonchev–Trinajstić information content (AvgIpc) is 2.64. The lowest BCUT2D eigenvalue weighted by Crippen LogP contribution is -2.19. The predicted octanol–water partition coefficient (Wildman–Crippen LogP) is 2.11. The molecule has 134 valence electrons. The molecule has 0 aromatic carbocycles. The highest BCUT2D eigenvalue weighted by atomic mass is 16.4. The number of carboxylic acids is 1. The third kappa shape index (κ3) is 4.39. The molecule has 2 aromatic rings. The number of nitrogen functional groups attached to an aromatic ring is 1. The van der Waals surface area contributed by atoms with E-state index in [1.807, 2.05) is 13.0 Å². The number of ketones is 1. The molecule has 2 aromatic heterocycles. The van der Waals surface area contributed by atoms with Gasteiger partial charge in [0, 0.05) is 36.1 Å².